The summed E-state index contributed by atoms with van der Waals surface area (Å²) >= 11 is 3.02. The molecule has 3 nitrogen and oxygen atoms in total. The monoisotopic (exact) mass is 294 g/mol. The first kappa shape index (κ1) is 12.9. The van der Waals surface area contributed by atoms with Crippen LogP contribution < -0.4 is 9.47 Å². The molecule has 6 heteroatoms. The van der Waals surface area contributed by atoms with E-state index in [2.05, 4.69) is 20.7 Å². The molecule has 0 fully saturated rings. The number of hydrogen-bond acceptors (Lipinski definition) is 3. The molecule has 0 saturated heterocycles. The number of carbonyl (C=O) groups is 1. The number of Topliss-reactive ketones (excluding diaryl/α,β-unsaturated/α-hetero) is 1. The molecule has 16 heavy (non-hydrogen) atoms. The number of hydrogen-bond donors (Lipinski definition) is 0. The van der Waals surface area contributed by atoms with E-state index in [4.69, 9.17) is 4.74 Å². The molecule has 0 saturated carbocycles. The minimum absolute atomic E-state index is 0.0939. The van der Waals surface area contributed by atoms with Gasteiger partial charge in [0.1, 0.15) is 0 Å². The summed E-state index contributed by atoms with van der Waals surface area (Å²) < 4.78 is 33.1. The Kier molecular flexibility index (Phi) is 4.67. The van der Waals surface area contributed by atoms with Crippen molar-refractivity contribution in [2.24, 2.45) is 0 Å². The summed E-state index contributed by atoms with van der Waals surface area (Å²) in [5.74, 6) is -0.155. The van der Waals surface area contributed by atoms with Crippen molar-refractivity contribution in [1.82, 2.24) is 0 Å². The maximum absolute atomic E-state index is 12.0. The van der Waals surface area contributed by atoms with Crippen LogP contribution in [0, 0.1) is 0 Å². The molecule has 0 bridgehead atoms. The van der Waals surface area contributed by atoms with Gasteiger partial charge in [-0.25, -0.2) is 0 Å². The molecular formula is C10H9BrF2O3. The predicted octanol–water partition coefficient (Wildman–Crippen LogP) is 2.87. The van der Waals surface area contributed by atoms with Crippen molar-refractivity contribution in [1.29, 1.82) is 0 Å². The Morgan fingerprint density at radius 3 is 2.62 bits per heavy atom. The fourth-order valence-electron chi connectivity index (χ4n) is 1.11. The smallest absolute Gasteiger partial charge is 0.387 e. The minimum Gasteiger partial charge on any atom is -0.493 e. The zero-order valence-corrected chi connectivity index (χ0v) is 9.96. The van der Waals surface area contributed by atoms with E-state index in [1.54, 1.807) is 0 Å². The maximum Gasteiger partial charge on any atom is 0.387 e. The van der Waals surface area contributed by atoms with E-state index >= 15 is 0 Å². The first-order chi connectivity index (χ1) is 7.58. The number of ether oxygens (including phenoxy) is 2. The van der Waals surface area contributed by atoms with Crippen LogP contribution in [0.1, 0.15) is 10.4 Å². The van der Waals surface area contributed by atoms with E-state index in [1.807, 2.05) is 0 Å². The topological polar surface area (TPSA) is 35.5 Å². The van der Waals surface area contributed by atoms with E-state index in [1.165, 1.54) is 25.3 Å². The van der Waals surface area contributed by atoms with Crippen molar-refractivity contribution in [3.05, 3.63) is 23.8 Å². The summed E-state index contributed by atoms with van der Waals surface area (Å²) in [5.41, 5.74) is 0.371. The number of rotatable bonds is 5. The predicted molar refractivity (Wildman–Crippen MR) is 57.8 cm³/mol. The number of ketones is 1. The zero-order chi connectivity index (χ0) is 12.1. The Morgan fingerprint density at radius 1 is 1.44 bits per heavy atom. The largest absolute Gasteiger partial charge is 0.493 e. The first-order valence-electron chi connectivity index (χ1n) is 4.30. The van der Waals surface area contributed by atoms with Crippen LogP contribution in [-0.2, 0) is 0 Å². The zero-order valence-electron chi connectivity index (χ0n) is 8.38. The van der Waals surface area contributed by atoms with E-state index in [9.17, 15) is 13.6 Å². The van der Waals surface area contributed by atoms with Gasteiger partial charge in [-0.1, -0.05) is 15.9 Å². The summed E-state index contributed by atoms with van der Waals surface area (Å²) in [5, 5.41) is 0.158. The Bertz CT molecular complexity index is 382. The number of methoxy groups -OCH3 is 1. The second-order valence-electron chi connectivity index (χ2n) is 2.80. The van der Waals surface area contributed by atoms with Crippen molar-refractivity contribution < 1.29 is 23.0 Å². The lowest BCUT2D eigenvalue weighted by Gasteiger charge is -2.10. The highest BCUT2D eigenvalue weighted by atomic mass is 79.9. The van der Waals surface area contributed by atoms with Gasteiger partial charge in [0, 0.05) is 5.56 Å². The molecule has 0 radical (unpaired) electrons. The van der Waals surface area contributed by atoms with Crippen LogP contribution in [-0.4, -0.2) is 24.8 Å². The normalized spacial score (nSPS) is 10.3. The van der Waals surface area contributed by atoms with Gasteiger partial charge in [-0.15, -0.1) is 0 Å². The average Bonchev–Trinajstić information content (AvgIpc) is 2.27. The maximum atomic E-state index is 12.0. The SMILES string of the molecule is COc1cc(C(=O)CBr)ccc1OC(F)F. The molecule has 0 atom stereocenters. The molecule has 1 aromatic carbocycles. The molecule has 0 heterocycles. The third kappa shape index (κ3) is 3.16. The molecule has 88 valence electrons. The molecule has 1 aromatic rings. The highest BCUT2D eigenvalue weighted by molar-refractivity contribution is 9.09. The molecule has 0 spiro atoms. The van der Waals surface area contributed by atoms with Crippen molar-refractivity contribution >= 4 is 21.7 Å². The van der Waals surface area contributed by atoms with Crippen LogP contribution in [0.4, 0.5) is 8.78 Å². The van der Waals surface area contributed by atoms with Crippen LogP contribution in [0.3, 0.4) is 0 Å². The number of alkyl halides is 3. The van der Waals surface area contributed by atoms with Crippen LogP contribution in [0.15, 0.2) is 18.2 Å². The molecule has 0 aliphatic heterocycles. The lowest BCUT2D eigenvalue weighted by atomic mass is 10.1. The molecule has 0 unspecified atom stereocenters. The van der Waals surface area contributed by atoms with Gasteiger partial charge in [-0.05, 0) is 18.2 Å². The van der Waals surface area contributed by atoms with Crippen LogP contribution >= 0.6 is 15.9 Å². The molecule has 0 N–H and O–H groups in total. The van der Waals surface area contributed by atoms with Gasteiger partial charge >= 0.3 is 6.61 Å². The summed E-state index contributed by atoms with van der Waals surface area (Å²) in [6, 6.07) is 4.05. The molecule has 0 aliphatic carbocycles. The summed E-state index contributed by atoms with van der Waals surface area (Å²) in [6.45, 7) is -2.92. The van der Waals surface area contributed by atoms with Gasteiger partial charge in [-0.2, -0.15) is 8.78 Å². The second kappa shape index (κ2) is 5.79. The Balaban J connectivity index is 3.01. The molecule has 1 rings (SSSR count). The molecule has 0 aromatic heterocycles. The van der Waals surface area contributed by atoms with Crippen LogP contribution in [0.2, 0.25) is 0 Å². The first-order valence-corrected chi connectivity index (χ1v) is 5.42. The van der Waals surface area contributed by atoms with E-state index in [-0.39, 0.29) is 22.6 Å². The fraction of sp³-hybridized carbons (Fsp3) is 0.300. The Hall–Kier alpha value is -1.17. The lowest BCUT2D eigenvalue weighted by Crippen LogP contribution is -2.05. The van der Waals surface area contributed by atoms with Gasteiger partial charge in [-0.3, -0.25) is 4.79 Å². The van der Waals surface area contributed by atoms with Crippen molar-refractivity contribution in [3.8, 4) is 11.5 Å². The third-order valence-corrected chi connectivity index (χ3v) is 2.33. The van der Waals surface area contributed by atoms with Gasteiger partial charge in [0.2, 0.25) is 0 Å². The highest BCUT2D eigenvalue weighted by Crippen LogP contribution is 2.29. The van der Waals surface area contributed by atoms with E-state index in [0.717, 1.165) is 0 Å². The van der Waals surface area contributed by atoms with Gasteiger partial charge in [0.25, 0.3) is 0 Å². The minimum atomic E-state index is -2.92. The number of benzene rings is 1. The van der Waals surface area contributed by atoms with Gasteiger partial charge in [0.05, 0.1) is 12.4 Å². The quantitative estimate of drug-likeness (QED) is 0.619. The fourth-order valence-corrected chi connectivity index (χ4v) is 1.44. The summed E-state index contributed by atoms with van der Waals surface area (Å²) in [7, 11) is 1.32. The number of halogens is 3. The van der Waals surface area contributed by atoms with E-state index < -0.39 is 6.61 Å². The average molecular weight is 295 g/mol. The van der Waals surface area contributed by atoms with E-state index in [0.29, 0.717) is 5.56 Å². The standard InChI is InChI=1S/C10H9BrF2O3/c1-15-9-4-6(7(14)5-11)2-3-8(9)16-10(12)13/h2-4,10H,5H2,1H3. The van der Waals surface area contributed by atoms with Gasteiger partial charge in [0.15, 0.2) is 17.3 Å². The second-order valence-corrected chi connectivity index (χ2v) is 3.36. The van der Waals surface area contributed by atoms with Crippen LogP contribution in [0.25, 0.3) is 0 Å². The highest BCUT2D eigenvalue weighted by Gasteiger charge is 2.13. The summed E-state index contributed by atoms with van der Waals surface area (Å²) in [6.07, 6.45) is 0. The Labute approximate surface area is 99.5 Å². The molecule has 0 amide bonds. The van der Waals surface area contributed by atoms with Crippen molar-refractivity contribution in [2.75, 3.05) is 12.4 Å². The molecular weight excluding hydrogens is 286 g/mol. The number of carbonyl (C=O) groups excluding carboxylic acids is 1. The third-order valence-electron chi connectivity index (χ3n) is 1.82. The van der Waals surface area contributed by atoms with Crippen molar-refractivity contribution in [3.63, 3.8) is 0 Å². The van der Waals surface area contributed by atoms with Crippen LogP contribution in [0.5, 0.6) is 11.5 Å². The van der Waals surface area contributed by atoms with Gasteiger partial charge < -0.3 is 9.47 Å². The Morgan fingerprint density at radius 2 is 2.12 bits per heavy atom. The molecule has 0 aliphatic rings. The lowest BCUT2D eigenvalue weighted by molar-refractivity contribution is -0.0512. The van der Waals surface area contributed by atoms with Crippen molar-refractivity contribution in [2.45, 2.75) is 6.61 Å². The summed E-state index contributed by atoms with van der Waals surface area (Å²) in [4.78, 5) is 11.3.